The average Bonchev–Trinajstić information content (AvgIpc) is 3.02. The molecule has 2 heterocycles. The molecule has 1 amide bonds. The molecule has 0 saturated carbocycles. The van der Waals surface area contributed by atoms with Gasteiger partial charge in [0.25, 0.3) is 0 Å². The molecule has 3 rings (SSSR count). The maximum absolute atomic E-state index is 12.3. The SMILES string of the molecule is Cc1nc(-c2ccc(CCNC(=O)C3(N)CCOCC3)cc2)cs1.Cl.Cl. The number of aryl methyl sites for hydroxylation is 1. The van der Waals surface area contributed by atoms with Crippen LogP contribution < -0.4 is 11.1 Å². The second-order valence-electron chi connectivity index (χ2n) is 6.22. The van der Waals surface area contributed by atoms with Crippen molar-refractivity contribution in [3.63, 3.8) is 0 Å². The Labute approximate surface area is 170 Å². The molecule has 8 heteroatoms. The largest absolute Gasteiger partial charge is 0.381 e. The van der Waals surface area contributed by atoms with E-state index in [1.165, 1.54) is 5.56 Å². The Morgan fingerprint density at radius 3 is 2.50 bits per heavy atom. The van der Waals surface area contributed by atoms with Gasteiger partial charge in [-0.25, -0.2) is 4.98 Å². The first kappa shape index (κ1) is 22.9. The van der Waals surface area contributed by atoms with Crippen molar-refractivity contribution in [3.05, 3.63) is 40.2 Å². The fraction of sp³-hybridized carbons (Fsp3) is 0.444. The Kier molecular flexibility index (Phi) is 9.00. The van der Waals surface area contributed by atoms with Crippen LogP contribution in [-0.2, 0) is 16.0 Å². The number of carbonyl (C=O) groups excluding carboxylic acids is 1. The standard InChI is InChI=1S/C18H23N3O2S.2ClH/c1-13-21-16(12-24-13)15-4-2-14(3-5-15)6-9-20-17(22)18(19)7-10-23-11-8-18;;/h2-5,12H,6-11,19H2,1H3,(H,20,22);2*1H. The number of halogens is 2. The van der Waals surface area contributed by atoms with E-state index >= 15 is 0 Å². The van der Waals surface area contributed by atoms with Gasteiger partial charge in [-0.15, -0.1) is 36.2 Å². The summed E-state index contributed by atoms with van der Waals surface area (Å²) in [7, 11) is 0. The molecule has 3 N–H and O–H groups in total. The molecular formula is C18H25Cl2N3O2S. The van der Waals surface area contributed by atoms with Crippen LogP contribution in [0.15, 0.2) is 29.6 Å². The molecule has 1 aliphatic heterocycles. The van der Waals surface area contributed by atoms with E-state index in [9.17, 15) is 4.79 Å². The number of hydrogen-bond acceptors (Lipinski definition) is 5. The normalized spacial score (nSPS) is 15.5. The molecule has 5 nitrogen and oxygen atoms in total. The fourth-order valence-electron chi connectivity index (χ4n) is 2.80. The van der Waals surface area contributed by atoms with E-state index in [0.29, 0.717) is 32.6 Å². The van der Waals surface area contributed by atoms with E-state index < -0.39 is 5.54 Å². The lowest BCUT2D eigenvalue weighted by atomic mass is 9.90. The highest BCUT2D eigenvalue weighted by Crippen LogP contribution is 2.22. The Balaban J connectivity index is 0.00000169. The third kappa shape index (κ3) is 5.66. The number of aromatic nitrogens is 1. The maximum Gasteiger partial charge on any atom is 0.240 e. The van der Waals surface area contributed by atoms with E-state index in [1.54, 1.807) is 11.3 Å². The predicted octanol–water partition coefficient (Wildman–Crippen LogP) is 3.13. The topological polar surface area (TPSA) is 77.2 Å². The quantitative estimate of drug-likeness (QED) is 0.782. The van der Waals surface area contributed by atoms with E-state index in [-0.39, 0.29) is 30.7 Å². The molecule has 0 unspecified atom stereocenters. The number of carbonyl (C=O) groups is 1. The number of nitrogens with one attached hydrogen (secondary N) is 1. The summed E-state index contributed by atoms with van der Waals surface area (Å²) in [5, 5.41) is 6.10. The Bertz CT molecular complexity index is 701. The maximum atomic E-state index is 12.3. The Morgan fingerprint density at radius 1 is 1.27 bits per heavy atom. The number of benzene rings is 1. The van der Waals surface area contributed by atoms with Crippen molar-refractivity contribution in [1.82, 2.24) is 10.3 Å². The van der Waals surface area contributed by atoms with Crippen LogP contribution in [0.1, 0.15) is 23.4 Å². The lowest BCUT2D eigenvalue weighted by molar-refractivity contribution is -0.129. The van der Waals surface area contributed by atoms with Gasteiger partial charge in [-0.1, -0.05) is 24.3 Å². The van der Waals surface area contributed by atoms with Crippen molar-refractivity contribution < 1.29 is 9.53 Å². The van der Waals surface area contributed by atoms with Crippen LogP contribution in [0.3, 0.4) is 0 Å². The zero-order valence-corrected chi connectivity index (χ0v) is 17.1. The van der Waals surface area contributed by atoms with E-state index in [2.05, 4.69) is 39.9 Å². The van der Waals surface area contributed by atoms with Crippen LogP contribution in [-0.4, -0.2) is 36.2 Å². The van der Waals surface area contributed by atoms with Crippen LogP contribution in [0.5, 0.6) is 0 Å². The number of nitrogens with zero attached hydrogens (tertiary/aromatic N) is 1. The molecular weight excluding hydrogens is 393 g/mol. The van der Waals surface area contributed by atoms with Crippen molar-refractivity contribution in [2.24, 2.45) is 5.73 Å². The second-order valence-corrected chi connectivity index (χ2v) is 7.29. The second kappa shape index (κ2) is 10.2. The molecule has 0 atom stereocenters. The Hall–Kier alpha value is -1.18. The number of thiazole rings is 1. The van der Waals surface area contributed by atoms with Crippen LogP contribution in [0.2, 0.25) is 0 Å². The minimum atomic E-state index is -0.773. The molecule has 1 saturated heterocycles. The molecule has 1 aromatic heterocycles. The zero-order valence-electron chi connectivity index (χ0n) is 14.7. The number of rotatable bonds is 5. The van der Waals surface area contributed by atoms with Crippen LogP contribution in [0, 0.1) is 6.92 Å². The third-order valence-electron chi connectivity index (χ3n) is 4.41. The molecule has 26 heavy (non-hydrogen) atoms. The molecule has 0 aliphatic carbocycles. The van der Waals surface area contributed by atoms with E-state index in [0.717, 1.165) is 22.7 Å². The number of hydrogen-bond donors (Lipinski definition) is 2. The summed E-state index contributed by atoms with van der Waals surface area (Å²) in [6, 6.07) is 8.33. The van der Waals surface area contributed by atoms with Crippen molar-refractivity contribution in [1.29, 1.82) is 0 Å². The van der Waals surface area contributed by atoms with Crippen LogP contribution in [0.25, 0.3) is 11.3 Å². The highest BCUT2D eigenvalue weighted by Gasteiger charge is 2.35. The van der Waals surface area contributed by atoms with Gasteiger partial charge in [0, 0.05) is 30.7 Å². The van der Waals surface area contributed by atoms with Crippen LogP contribution in [0.4, 0.5) is 0 Å². The summed E-state index contributed by atoms with van der Waals surface area (Å²) < 4.78 is 5.27. The highest BCUT2D eigenvalue weighted by atomic mass is 35.5. The van der Waals surface area contributed by atoms with Gasteiger partial charge in [-0.2, -0.15) is 0 Å². The van der Waals surface area contributed by atoms with E-state index in [4.69, 9.17) is 10.5 Å². The van der Waals surface area contributed by atoms with Gasteiger partial charge in [0.05, 0.1) is 16.2 Å². The van der Waals surface area contributed by atoms with Gasteiger partial charge in [-0.05, 0) is 31.7 Å². The molecule has 0 radical (unpaired) electrons. The smallest absolute Gasteiger partial charge is 0.240 e. The van der Waals surface area contributed by atoms with Crippen molar-refractivity contribution in [2.75, 3.05) is 19.8 Å². The van der Waals surface area contributed by atoms with Crippen molar-refractivity contribution >= 4 is 42.1 Å². The van der Waals surface area contributed by atoms with Crippen molar-refractivity contribution in [2.45, 2.75) is 31.7 Å². The number of nitrogens with two attached hydrogens (primary N) is 1. The zero-order chi connectivity index (χ0) is 17.0. The monoisotopic (exact) mass is 417 g/mol. The first-order chi connectivity index (χ1) is 11.6. The number of ether oxygens (including phenoxy) is 1. The summed E-state index contributed by atoms with van der Waals surface area (Å²) in [5.41, 5.74) is 8.72. The summed E-state index contributed by atoms with van der Waals surface area (Å²) in [4.78, 5) is 16.7. The number of amides is 1. The Morgan fingerprint density at radius 2 is 1.92 bits per heavy atom. The predicted molar refractivity (Wildman–Crippen MR) is 110 cm³/mol. The lowest BCUT2D eigenvalue weighted by Crippen LogP contribution is -2.57. The molecule has 2 aromatic rings. The minimum absolute atomic E-state index is 0. The van der Waals surface area contributed by atoms with Crippen LogP contribution >= 0.6 is 36.2 Å². The average molecular weight is 418 g/mol. The summed E-state index contributed by atoms with van der Waals surface area (Å²) in [6.07, 6.45) is 1.95. The molecule has 1 aromatic carbocycles. The summed E-state index contributed by atoms with van der Waals surface area (Å²) >= 11 is 1.65. The lowest BCUT2D eigenvalue weighted by Gasteiger charge is -2.31. The van der Waals surface area contributed by atoms with Crippen molar-refractivity contribution in [3.8, 4) is 11.3 Å². The molecule has 1 fully saturated rings. The summed E-state index contributed by atoms with van der Waals surface area (Å²) in [5.74, 6) is -0.0691. The molecule has 0 bridgehead atoms. The minimum Gasteiger partial charge on any atom is -0.381 e. The van der Waals surface area contributed by atoms with Gasteiger partial charge >= 0.3 is 0 Å². The first-order valence-corrected chi connectivity index (χ1v) is 9.11. The summed E-state index contributed by atoms with van der Waals surface area (Å²) in [6.45, 7) is 3.71. The first-order valence-electron chi connectivity index (χ1n) is 8.23. The molecule has 1 aliphatic rings. The van der Waals surface area contributed by atoms with E-state index in [1.807, 2.05) is 6.92 Å². The molecule has 144 valence electrons. The third-order valence-corrected chi connectivity index (χ3v) is 5.18. The van der Waals surface area contributed by atoms with Gasteiger partial charge in [0.15, 0.2) is 0 Å². The molecule has 0 spiro atoms. The van der Waals surface area contributed by atoms with Gasteiger partial charge in [-0.3, -0.25) is 4.79 Å². The van der Waals surface area contributed by atoms with Gasteiger partial charge < -0.3 is 15.8 Å². The highest BCUT2D eigenvalue weighted by molar-refractivity contribution is 7.09. The van der Waals surface area contributed by atoms with Gasteiger partial charge in [0.1, 0.15) is 0 Å². The van der Waals surface area contributed by atoms with Gasteiger partial charge in [0.2, 0.25) is 5.91 Å². The fourth-order valence-corrected chi connectivity index (χ4v) is 3.42.